The lowest BCUT2D eigenvalue weighted by molar-refractivity contribution is 0.228. The van der Waals surface area contributed by atoms with E-state index in [-0.39, 0.29) is 6.61 Å². The molecule has 86 valence electrons. The zero-order valence-electron chi connectivity index (χ0n) is 9.06. The predicted octanol–water partition coefficient (Wildman–Crippen LogP) is 0.910. The average molecular weight is 222 g/mol. The maximum Gasteiger partial charge on any atom is 0.183 e. The zero-order chi connectivity index (χ0) is 12.0. The predicted molar refractivity (Wildman–Crippen MR) is 59.3 cm³/mol. The number of rotatable bonds is 5. The summed E-state index contributed by atoms with van der Waals surface area (Å²) in [6, 6.07) is 5.07. The fourth-order valence-corrected chi connectivity index (χ4v) is 1.26. The first-order chi connectivity index (χ1) is 7.72. The van der Waals surface area contributed by atoms with E-state index in [9.17, 15) is 0 Å². The molecule has 0 unspecified atom stereocenters. The highest BCUT2D eigenvalue weighted by Gasteiger charge is 2.10. The highest BCUT2D eigenvalue weighted by molar-refractivity contribution is 5.64. The third-order valence-electron chi connectivity index (χ3n) is 1.98. The van der Waals surface area contributed by atoms with Crippen LogP contribution >= 0.6 is 0 Å². The Morgan fingerprint density at radius 2 is 2.25 bits per heavy atom. The van der Waals surface area contributed by atoms with Crippen molar-refractivity contribution in [3.05, 3.63) is 17.7 Å². The van der Waals surface area contributed by atoms with Gasteiger partial charge in [0.05, 0.1) is 31.0 Å². The standard InChI is InChI=1S/C11H14N2O3/c1-15-11-9(13)5-8(7-12)6-10(11)16-4-2-3-14/h5-6,14H,2-4,13H2,1H3. The number of methoxy groups -OCH3 is 1. The first-order valence-corrected chi connectivity index (χ1v) is 4.84. The second kappa shape index (κ2) is 5.83. The van der Waals surface area contributed by atoms with Gasteiger partial charge in [-0.3, -0.25) is 0 Å². The molecular weight excluding hydrogens is 208 g/mol. The first-order valence-electron chi connectivity index (χ1n) is 4.84. The number of hydrogen-bond donors (Lipinski definition) is 2. The number of ether oxygens (including phenoxy) is 2. The minimum Gasteiger partial charge on any atom is -0.491 e. The van der Waals surface area contributed by atoms with Crippen LogP contribution in [-0.4, -0.2) is 25.4 Å². The summed E-state index contributed by atoms with van der Waals surface area (Å²) in [5.41, 5.74) is 6.48. The van der Waals surface area contributed by atoms with Gasteiger partial charge in [-0.1, -0.05) is 0 Å². The number of nitriles is 1. The minimum absolute atomic E-state index is 0.0513. The monoisotopic (exact) mass is 222 g/mol. The third kappa shape index (κ3) is 2.78. The summed E-state index contributed by atoms with van der Waals surface area (Å²) in [4.78, 5) is 0. The highest BCUT2D eigenvalue weighted by atomic mass is 16.5. The average Bonchev–Trinajstić information content (AvgIpc) is 2.29. The SMILES string of the molecule is COc1c(N)cc(C#N)cc1OCCCO. The van der Waals surface area contributed by atoms with Crippen LogP contribution in [0.5, 0.6) is 11.5 Å². The van der Waals surface area contributed by atoms with Crippen LogP contribution < -0.4 is 15.2 Å². The molecule has 0 aliphatic heterocycles. The van der Waals surface area contributed by atoms with Crippen molar-refractivity contribution in [2.45, 2.75) is 6.42 Å². The molecule has 0 atom stereocenters. The van der Waals surface area contributed by atoms with Crippen LogP contribution in [0.1, 0.15) is 12.0 Å². The van der Waals surface area contributed by atoms with Crippen LogP contribution in [0.3, 0.4) is 0 Å². The quantitative estimate of drug-likeness (QED) is 0.571. The van der Waals surface area contributed by atoms with E-state index in [1.807, 2.05) is 6.07 Å². The van der Waals surface area contributed by atoms with Crippen molar-refractivity contribution < 1.29 is 14.6 Å². The van der Waals surface area contributed by atoms with Crippen molar-refractivity contribution in [1.82, 2.24) is 0 Å². The molecule has 0 saturated heterocycles. The molecule has 0 fully saturated rings. The second-order valence-electron chi connectivity index (χ2n) is 3.13. The molecule has 1 aromatic rings. The number of benzene rings is 1. The second-order valence-corrected chi connectivity index (χ2v) is 3.13. The normalized spacial score (nSPS) is 9.56. The van der Waals surface area contributed by atoms with E-state index < -0.39 is 0 Å². The van der Waals surface area contributed by atoms with E-state index in [1.165, 1.54) is 13.2 Å². The minimum atomic E-state index is 0.0513. The van der Waals surface area contributed by atoms with E-state index >= 15 is 0 Å². The van der Waals surface area contributed by atoms with Gasteiger partial charge in [0.1, 0.15) is 0 Å². The van der Waals surface area contributed by atoms with E-state index in [4.69, 9.17) is 25.6 Å². The van der Waals surface area contributed by atoms with Gasteiger partial charge in [-0.15, -0.1) is 0 Å². The Morgan fingerprint density at radius 3 is 2.81 bits per heavy atom. The van der Waals surface area contributed by atoms with Crippen LogP contribution in [0.15, 0.2) is 12.1 Å². The molecular formula is C11H14N2O3. The van der Waals surface area contributed by atoms with Crippen LogP contribution in [0.2, 0.25) is 0 Å². The molecule has 1 aromatic carbocycles. The molecule has 0 bridgehead atoms. The summed E-state index contributed by atoms with van der Waals surface area (Å²) in [5.74, 6) is 0.837. The smallest absolute Gasteiger partial charge is 0.183 e. The Hall–Kier alpha value is -1.93. The van der Waals surface area contributed by atoms with Crippen molar-refractivity contribution >= 4 is 5.69 Å². The van der Waals surface area contributed by atoms with Crippen LogP contribution in [-0.2, 0) is 0 Å². The van der Waals surface area contributed by atoms with Gasteiger partial charge in [0.15, 0.2) is 11.5 Å². The van der Waals surface area contributed by atoms with Crippen molar-refractivity contribution in [2.24, 2.45) is 0 Å². The molecule has 0 aromatic heterocycles. The van der Waals surface area contributed by atoms with Gasteiger partial charge in [-0.2, -0.15) is 5.26 Å². The van der Waals surface area contributed by atoms with Crippen molar-refractivity contribution in [3.63, 3.8) is 0 Å². The Kier molecular flexibility index (Phi) is 4.42. The number of aliphatic hydroxyl groups excluding tert-OH is 1. The number of nitrogens with zero attached hydrogens (tertiary/aromatic N) is 1. The summed E-state index contributed by atoms with van der Waals surface area (Å²) in [6.45, 7) is 0.400. The van der Waals surface area contributed by atoms with Crippen molar-refractivity contribution in [1.29, 1.82) is 5.26 Å². The number of hydrogen-bond acceptors (Lipinski definition) is 5. The molecule has 0 saturated carbocycles. The van der Waals surface area contributed by atoms with E-state index in [0.29, 0.717) is 35.8 Å². The summed E-state index contributed by atoms with van der Waals surface area (Å²) < 4.78 is 10.5. The molecule has 5 nitrogen and oxygen atoms in total. The summed E-state index contributed by atoms with van der Waals surface area (Å²) in [6.07, 6.45) is 0.514. The van der Waals surface area contributed by atoms with Gasteiger partial charge in [-0.05, 0) is 6.07 Å². The van der Waals surface area contributed by atoms with Gasteiger partial charge in [-0.25, -0.2) is 0 Å². The van der Waals surface area contributed by atoms with E-state index in [1.54, 1.807) is 6.07 Å². The third-order valence-corrected chi connectivity index (χ3v) is 1.98. The summed E-state index contributed by atoms with van der Waals surface area (Å²) >= 11 is 0. The molecule has 5 heteroatoms. The maximum atomic E-state index is 8.78. The number of anilines is 1. The lowest BCUT2D eigenvalue weighted by atomic mass is 10.2. The summed E-state index contributed by atoms with van der Waals surface area (Å²) in [7, 11) is 1.48. The summed E-state index contributed by atoms with van der Waals surface area (Å²) in [5, 5.41) is 17.4. The molecule has 3 N–H and O–H groups in total. The number of nitrogen functional groups attached to an aromatic ring is 1. The molecule has 16 heavy (non-hydrogen) atoms. The molecule has 1 rings (SSSR count). The van der Waals surface area contributed by atoms with E-state index in [0.717, 1.165) is 0 Å². The fourth-order valence-electron chi connectivity index (χ4n) is 1.26. The van der Waals surface area contributed by atoms with Crippen LogP contribution in [0, 0.1) is 11.3 Å². The van der Waals surface area contributed by atoms with Gasteiger partial charge < -0.3 is 20.3 Å². The lowest BCUT2D eigenvalue weighted by Crippen LogP contribution is -2.03. The largest absolute Gasteiger partial charge is 0.491 e. The zero-order valence-corrected chi connectivity index (χ0v) is 9.06. The molecule has 0 heterocycles. The highest BCUT2D eigenvalue weighted by Crippen LogP contribution is 2.34. The Balaban J connectivity index is 2.95. The van der Waals surface area contributed by atoms with E-state index in [2.05, 4.69) is 0 Å². The lowest BCUT2D eigenvalue weighted by Gasteiger charge is -2.12. The maximum absolute atomic E-state index is 8.78. The Morgan fingerprint density at radius 1 is 1.50 bits per heavy atom. The van der Waals surface area contributed by atoms with Gasteiger partial charge in [0, 0.05) is 19.1 Å². The number of nitrogens with two attached hydrogens (primary N) is 1. The van der Waals surface area contributed by atoms with Crippen LogP contribution in [0.25, 0.3) is 0 Å². The molecule has 0 amide bonds. The number of aliphatic hydroxyl groups is 1. The molecule has 0 spiro atoms. The van der Waals surface area contributed by atoms with Crippen molar-refractivity contribution in [2.75, 3.05) is 26.1 Å². The van der Waals surface area contributed by atoms with Gasteiger partial charge >= 0.3 is 0 Å². The van der Waals surface area contributed by atoms with Gasteiger partial charge in [0.25, 0.3) is 0 Å². The molecule has 0 aliphatic rings. The Bertz CT molecular complexity index is 399. The van der Waals surface area contributed by atoms with Crippen molar-refractivity contribution in [3.8, 4) is 17.6 Å². The fraction of sp³-hybridized carbons (Fsp3) is 0.364. The van der Waals surface area contributed by atoms with Crippen LogP contribution in [0.4, 0.5) is 5.69 Å². The topological polar surface area (TPSA) is 88.5 Å². The molecule has 0 radical (unpaired) electrons. The Labute approximate surface area is 94.0 Å². The first kappa shape index (κ1) is 12.1. The van der Waals surface area contributed by atoms with Gasteiger partial charge in [0.2, 0.25) is 0 Å². The molecule has 0 aliphatic carbocycles.